The van der Waals surface area contributed by atoms with Gasteiger partial charge in [0.2, 0.25) is 27.6 Å². The molecule has 1 N–H and O–H groups in total. The maximum Gasteiger partial charge on any atom is 0.244 e. The number of carbonyl (C=O) groups is 1. The first-order chi connectivity index (χ1) is 15.6. The van der Waals surface area contributed by atoms with Gasteiger partial charge in [0.1, 0.15) is 0 Å². The molecule has 3 heterocycles. The number of hydrogen-bond donors (Lipinski definition) is 1. The van der Waals surface area contributed by atoms with E-state index < -0.39 is 15.9 Å². The molecular formula is C23H28N4O4S2. The zero-order valence-electron chi connectivity index (χ0n) is 19.2. The third-order valence-electron chi connectivity index (χ3n) is 5.84. The minimum atomic E-state index is -3.75. The quantitative estimate of drug-likeness (QED) is 0.545. The summed E-state index contributed by atoms with van der Waals surface area (Å²) in [7, 11) is -3.75. The molecule has 176 valence electrons. The number of thiophene rings is 1. The van der Waals surface area contributed by atoms with Gasteiger partial charge >= 0.3 is 0 Å². The van der Waals surface area contributed by atoms with Gasteiger partial charge in [0.15, 0.2) is 0 Å². The number of benzene rings is 1. The van der Waals surface area contributed by atoms with Crippen LogP contribution in [0.2, 0.25) is 0 Å². The van der Waals surface area contributed by atoms with Gasteiger partial charge in [-0.05, 0) is 49.4 Å². The van der Waals surface area contributed by atoms with Crippen molar-refractivity contribution in [2.75, 3.05) is 18.4 Å². The Morgan fingerprint density at radius 1 is 1.24 bits per heavy atom. The van der Waals surface area contributed by atoms with Crippen LogP contribution in [0.5, 0.6) is 0 Å². The normalized spacial score (nSPS) is 17.4. The van der Waals surface area contributed by atoms with Crippen molar-refractivity contribution in [3.8, 4) is 10.7 Å². The van der Waals surface area contributed by atoms with Gasteiger partial charge in [-0.3, -0.25) is 4.79 Å². The van der Waals surface area contributed by atoms with Crippen molar-refractivity contribution in [3.05, 3.63) is 46.7 Å². The molecule has 33 heavy (non-hydrogen) atoms. The second kappa shape index (κ2) is 9.36. The Hall–Kier alpha value is -2.56. The standard InChI is InChI=1S/C23H28N4O4S2/c1-14(2)17-7-9-19(10-8-17)25-23(28)18-6-5-11-27(13-18)33(29,30)21-12-20(32-15(21)3)22-24-16(4)31-26-22/h7-10,12,14,18H,5-6,11,13H2,1-4H3,(H,25,28)/t18-/m0/s1. The van der Waals surface area contributed by atoms with Gasteiger partial charge in [0.05, 0.1) is 15.7 Å². The van der Waals surface area contributed by atoms with Crippen LogP contribution in [0, 0.1) is 19.8 Å². The van der Waals surface area contributed by atoms with Crippen molar-refractivity contribution in [2.24, 2.45) is 5.92 Å². The van der Waals surface area contributed by atoms with Crippen LogP contribution in [0.1, 0.15) is 48.9 Å². The summed E-state index contributed by atoms with van der Waals surface area (Å²) in [6, 6.07) is 9.38. The summed E-state index contributed by atoms with van der Waals surface area (Å²) >= 11 is 1.31. The van der Waals surface area contributed by atoms with Gasteiger partial charge in [-0.1, -0.05) is 31.1 Å². The number of rotatable bonds is 6. The molecule has 3 aromatic rings. The molecule has 1 saturated heterocycles. The Bertz CT molecular complexity index is 1250. The summed E-state index contributed by atoms with van der Waals surface area (Å²) in [6.07, 6.45) is 1.28. The van der Waals surface area contributed by atoms with Gasteiger partial charge in [-0.2, -0.15) is 9.29 Å². The topological polar surface area (TPSA) is 105 Å². The number of sulfonamides is 1. The van der Waals surface area contributed by atoms with E-state index in [1.54, 1.807) is 19.9 Å². The lowest BCUT2D eigenvalue weighted by molar-refractivity contribution is -0.120. The molecule has 4 rings (SSSR count). The fourth-order valence-electron chi connectivity index (χ4n) is 3.94. The van der Waals surface area contributed by atoms with E-state index in [9.17, 15) is 13.2 Å². The summed E-state index contributed by atoms with van der Waals surface area (Å²) in [4.78, 5) is 18.6. The third kappa shape index (κ3) is 5.02. The molecule has 1 aliphatic heterocycles. The van der Waals surface area contributed by atoms with Gasteiger partial charge in [-0.25, -0.2) is 8.42 Å². The predicted molar refractivity (Wildman–Crippen MR) is 128 cm³/mol. The maximum absolute atomic E-state index is 13.4. The van der Waals surface area contributed by atoms with Crippen molar-refractivity contribution in [3.63, 3.8) is 0 Å². The van der Waals surface area contributed by atoms with E-state index in [1.165, 1.54) is 21.2 Å². The summed E-state index contributed by atoms with van der Waals surface area (Å²) in [5.41, 5.74) is 1.92. The summed E-state index contributed by atoms with van der Waals surface area (Å²) in [5.74, 6) is 0.649. The number of nitrogens with zero attached hydrogens (tertiary/aromatic N) is 3. The Kier molecular flexibility index (Phi) is 6.69. The third-order valence-corrected chi connectivity index (χ3v) is 9.00. The first-order valence-electron chi connectivity index (χ1n) is 11.0. The van der Waals surface area contributed by atoms with Crippen LogP contribution < -0.4 is 5.32 Å². The number of nitrogens with one attached hydrogen (secondary N) is 1. The molecule has 1 aliphatic rings. The second-order valence-electron chi connectivity index (χ2n) is 8.64. The van der Waals surface area contributed by atoms with Crippen molar-refractivity contribution in [2.45, 2.75) is 51.3 Å². The highest BCUT2D eigenvalue weighted by Gasteiger charge is 2.35. The summed E-state index contributed by atoms with van der Waals surface area (Å²) in [5, 5.41) is 6.83. The lowest BCUT2D eigenvalue weighted by Crippen LogP contribution is -2.43. The molecule has 1 atom stereocenters. The highest BCUT2D eigenvalue weighted by atomic mass is 32.2. The van der Waals surface area contributed by atoms with Crippen molar-refractivity contribution >= 4 is 33.0 Å². The Morgan fingerprint density at radius 2 is 1.97 bits per heavy atom. The molecule has 0 bridgehead atoms. The fraction of sp³-hybridized carbons (Fsp3) is 0.435. The Morgan fingerprint density at radius 3 is 2.61 bits per heavy atom. The fourth-order valence-corrected chi connectivity index (χ4v) is 6.95. The first-order valence-corrected chi connectivity index (χ1v) is 13.2. The lowest BCUT2D eigenvalue weighted by atomic mass is 9.98. The molecular weight excluding hydrogens is 460 g/mol. The number of anilines is 1. The minimum absolute atomic E-state index is 0.155. The van der Waals surface area contributed by atoms with Crippen LogP contribution >= 0.6 is 11.3 Å². The predicted octanol–water partition coefficient (Wildman–Crippen LogP) is 4.58. The molecule has 0 saturated carbocycles. The number of aromatic nitrogens is 2. The largest absolute Gasteiger partial charge is 0.339 e. The highest BCUT2D eigenvalue weighted by Crippen LogP contribution is 2.35. The smallest absolute Gasteiger partial charge is 0.244 e. The zero-order chi connectivity index (χ0) is 23.8. The monoisotopic (exact) mass is 488 g/mol. The van der Waals surface area contributed by atoms with E-state index in [0.29, 0.717) is 46.8 Å². The van der Waals surface area contributed by atoms with Crippen LogP contribution in [0.3, 0.4) is 0 Å². The molecule has 1 amide bonds. The average molecular weight is 489 g/mol. The number of carbonyl (C=O) groups excluding carboxylic acids is 1. The number of hydrogen-bond acceptors (Lipinski definition) is 7. The van der Waals surface area contributed by atoms with Crippen LogP contribution in [0.25, 0.3) is 10.7 Å². The van der Waals surface area contributed by atoms with Gasteiger partial charge in [0, 0.05) is 30.6 Å². The maximum atomic E-state index is 13.4. The van der Waals surface area contributed by atoms with Crippen LogP contribution in [0.15, 0.2) is 39.8 Å². The van der Waals surface area contributed by atoms with Crippen molar-refractivity contribution in [1.29, 1.82) is 0 Å². The Balaban J connectivity index is 1.48. The van der Waals surface area contributed by atoms with Crippen molar-refractivity contribution in [1.82, 2.24) is 14.4 Å². The van der Waals surface area contributed by atoms with Gasteiger partial charge in [-0.15, -0.1) is 11.3 Å². The number of amides is 1. The molecule has 1 fully saturated rings. The number of aryl methyl sites for hydroxylation is 2. The van der Waals surface area contributed by atoms with Gasteiger partial charge in [0.25, 0.3) is 0 Å². The minimum Gasteiger partial charge on any atom is -0.339 e. The molecule has 2 aromatic heterocycles. The molecule has 8 nitrogen and oxygen atoms in total. The molecule has 0 unspecified atom stereocenters. The zero-order valence-corrected chi connectivity index (χ0v) is 20.8. The van der Waals surface area contributed by atoms with Gasteiger partial charge < -0.3 is 9.84 Å². The van der Waals surface area contributed by atoms with Crippen LogP contribution in [-0.2, 0) is 14.8 Å². The number of piperidine rings is 1. The summed E-state index contributed by atoms with van der Waals surface area (Å²) in [6.45, 7) is 8.23. The molecule has 0 spiro atoms. The highest BCUT2D eigenvalue weighted by molar-refractivity contribution is 7.89. The van der Waals surface area contributed by atoms with Crippen LogP contribution in [-0.4, -0.2) is 41.9 Å². The Labute approximate surface area is 198 Å². The second-order valence-corrected chi connectivity index (χ2v) is 11.8. The lowest BCUT2D eigenvalue weighted by Gasteiger charge is -2.31. The first kappa shape index (κ1) is 23.6. The van der Waals surface area contributed by atoms with E-state index in [-0.39, 0.29) is 17.3 Å². The van der Waals surface area contributed by atoms with E-state index in [1.807, 2.05) is 24.3 Å². The molecule has 1 aromatic carbocycles. The van der Waals surface area contributed by atoms with E-state index in [2.05, 4.69) is 29.3 Å². The molecule has 0 aliphatic carbocycles. The van der Waals surface area contributed by atoms with E-state index in [4.69, 9.17) is 4.52 Å². The van der Waals surface area contributed by atoms with Crippen molar-refractivity contribution < 1.29 is 17.7 Å². The van der Waals surface area contributed by atoms with E-state index in [0.717, 1.165) is 5.69 Å². The SMILES string of the molecule is Cc1nc(-c2cc(S(=O)(=O)N3CCC[C@H](C(=O)Nc4ccc(C(C)C)cc4)C3)c(C)s2)no1. The molecule has 0 radical (unpaired) electrons. The molecule has 10 heteroatoms. The van der Waals surface area contributed by atoms with E-state index >= 15 is 0 Å². The summed E-state index contributed by atoms with van der Waals surface area (Å²) < 4.78 is 33.3. The van der Waals surface area contributed by atoms with Crippen LogP contribution in [0.4, 0.5) is 5.69 Å². The average Bonchev–Trinajstić information content (AvgIpc) is 3.40.